The van der Waals surface area contributed by atoms with Gasteiger partial charge in [-0.15, -0.1) is 11.3 Å². The van der Waals surface area contributed by atoms with Crippen LogP contribution in [-0.2, 0) is 0 Å². The maximum atomic E-state index is 11.8. The molecule has 0 aliphatic carbocycles. The van der Waals surface area contributed by atoms with E-state index in [1.165, 1.54) is 11.3 Å². The molecule has 0 bridgehead atoms. The quantitative estimate of drug-likeness (QED) is 0.805. The maximum absolute atomic E-state index is 11.8. The first-order valence-electron chi connectivity index (χ1n) is 5.20. The van der Waals surface area contributed by atoms with Gasteiger partial charge in [-0.05, 0) is 28.4 Å². The van der Waals surface area contributed by atoms with E-state index in [-0.39, 0.29) is 5.56 Å². The molecule has 0 radical (unpaired) electrons. The van der Waals surface area contributed by atoms with Crippen LogP contribution in [0.15, 0.2) is 14.6 Å². The zero-order valence-corrected chi connectivity index (χ0v) is 11.8. The minimum atomic E-state index is -1.14. The van der Waals surface area contributed by atoms with Crippen LogP contribution in [0.4, 0.5) is 4.79 Å². The lowest BCUT2D eigenvalue weighted by molar-refractivity contribution is 0.189. The van der Waals surface area contributed by atoms with Gasteiger partial charge in [0.05, 0.1) is 15.3 Å². The highest BCUT2D eigenvalue weighted by Gasteiger charge is 2.16. The molecule has 1 atom stereocenters. The number of nitrogens with zero attached hydrogens (tertiary/aromatic N) is 1. The summed E-state index contributed by atoms with van der Waals surface area (Å²) in [6.07, 6.45) is -0.636. The molecule has 1 unspecified atom stereocenters. The number of H-pyrrole nitrogens is 1. The van der Waals surface area contributed by atoms with Crippen molar-refractivity contribution >= 4 is 43.6 Å². The predicted molar refractivity (Wildman–Crippen MR) is 72.1 cm³/mol. The highest BCUT2D eigenvalue weighted by atomic mass is 79.9. The summed E-state index contributed by atoms with van der Waals surface area (Å²) in [5.74, 6) is 0.336. The zero-order chi connectivity index (χ0) is 13.3. The Kier molecular flexibility index (Phi) is 3.67. The Morgan fingerprint density at radius 2 is 2.44 bits per heavy atom. The smallest absolute Gasteiger partial charge is 0.405 e. The molecule has 0 aliphatic rings. The van der Waals surface area contributed by atoms with Gasteiger partial charge in [-0.2, -0.15) is 0 Å². The van der Waals surface area contributed by atoms with E-state index in [1.54, 1.807) is 6.07 Å². The minimum absolute atomic E-state index is 0.253. The van der Waals surface area contributed by atoms with Crippen LogP contribution >= 0.6 is 27.3 Å². The molecule has 96 valence electrons. The van der Waals surface area contributed by atoms with Crippen LogP contribution in [0.1, 0.15) is 25.2 Å². The number of carboxylic acid groups (broad SMARTS) is 1. The van der Waals surface area contributed by atoms with Gasteiger partial charge in [0.2, 0.25) is 0 Å². The lowest BCUT2D eigenvalue weighted by Gasteiger charge is -2.13. The standard InChI is InChI=1S/C10H10BrN3O3S/c1-2-4(13-10(16)17)8-12-5-3-6(11)18-7(5)9(15)14-8/h3-4,13H,2H2,1H3,(H,16,17)(H,12,14,15). The average molecular weight is 332 g/mol. The van der Waals surface area contributed by atoms with Gasteiger partial charge in [-0.1, -0.05) is 6.92 Å². The number of amides is 1. The van der Waals surface area contributed by atoms with Crippen LogP contribution in [0.5, 0.6) is 0 Å². The SMILES string of the molecule is CCC(NC(=O)O)c1nc2cc(Br)sc2c(=O)[nH]1. The van der Waals surface area contributed by atoms with Crippen LogP contribution in [0.2, 0.25) is 0 Å². The first kappa shape index (κ1) is 13.0. The minimum Gasteiger partial charge on any atom is -0.465 e. The predicted octanol–water partition coefficient (Wildman–Crippen LogP) is 2.47. The Hall–Kier alpha value is -1.41. The summed E-state index contributed by atoms with van der Waals surface area (Å²) in [7, 11) is 0. The third kappa shape index (κ3) is 2.54. The van der Waals surface area contributed by atoms with Gasteiger partial charge in [0.15, 0.2) is 0 Å². The summed E-state index contributed by atoms with van der Waals surface area (Å²) in [4.78, 5) is 29.4. The van der Waals surface area contributed by atoms with Crippen LogP contribution in [0.3, 0.4) is 0 Å². The fourth-order valence-corrected chi connectivity index (χ4v) is 3.03. The third-order valence-electron chi connectivity index (χ3n) is 2.41. The van der Waals surface area contributed by atoms with E-state index < -0.39 is 12.1 Å². The van der Waals surface area contributed by atoms with E-state index >= 15 is 0 Å². The Morgan fingerprint density at radius 3 is 3.06 bits per heavy atom. The van der Waals surface area contributed by atoms with Crippen molar-refractivity contribution in [2.24, 2.45) is 0 Å². The van der Waals surface area contributed by atoms with Gasteiger partial charge < -0.3 is 15.4 Å². The first-order chi connectivity index (χ1) is 8.51. The number of aromatic nitrogens is 2. The second-order valence-corrected chi connectivity index (χ2v) is 6.06. The number of thiophene rings is 1. The van der Waals surface area contributed by atoms with E-state index in [1.807, 2.05) is 6.92 Å². The van der Waals surface area contributed by atoms with E-state index in [9.17, 15) is 9.59 Å². The Labute approximate surface area is 114 Å². The van der Waals surface area contributed by atoms with E-state index in [2.05, 4.69) is 31.2 Å². The number of nitrogens with one attached hydrogen (secondary N) is 2. The number of aromatic amines is 1. The molecule has 0 aromatic carbocycles. The molecule has 0 spiro atoms. The van der Waals surface area contributed by atoms with Crippen molar-refractivity contribution in [1.82, 2.24) is 15.3 Å². The first-order valence-corrected chi connectivity index (χ1v) is 6.81. The van der Waals surface area contributed by atoms with Crippen LogP contribution in [-0.4, -0.2) is 21.2 Å². The molecule has 0 saturated carbocycles. The highest BCUT2D eigenvalue weighted by Crippen LogP contribution is 2.26. The van der Waals surface area contributed by atoms with Gasteiger partial charge in [0, 0.05) is 0 Å². The average Bonchev–Trinajstić information content (AvgIpc) is 2.66. The molecule has 3 N–H and O–H groups in total. The van der Waals surface area contributed by atoms with Crippen molar-refractivity contribution in [2.45, 2.75) is 19.4 Å². The molecule has 2 aromatic heterocycles. The number of hydrogen-bond acceptors (Lipinski definition) is 4. The Bertz CT molecular complexity index is 651. The number of fused-ring (bicyclic) bond motifs is 1. The van der Waals surface area contributed by atoms with Crippen molar-refractivity contribution < 1.29 is 9.90 Å². The highest BCUT2D eigenvalue weighted by molar-refractivity contribution is 9.11. The Morgan fingerprint density at radius 1 is 1.72 bits per heavy atom. The maximum Gasteiger partial charge on any atom is 0.405 e. The monoisotopic (exact) mass is 331 g/mol. The van der Waals surface area contributed by atoms with Gasteiger partial charge in [-0.25, -0.2) is 9.78 Å². The normalized spacial score (nSPS) is 12.6. The van der Waals surface area contributed by atoms with Gasteiger partial charge in [-0.3, -0.25) is 4.79 Å². The topological polar surface area (TPSA) is 95.1 Å². The van der Waals surface area contributed by atoms with Gasteiger partial charge >= 0.3 is 6.09 Å². The van der Waals surface area contributed by atoms with Crippen molar-refractivity contribution in [2.75, 3.05) is 0 Å². The van der Waals surface area contributed by atoms with Crippen molar-refractivity contribution in [3.05, 3.63) is 26.0 Å². The van der Waals surface area contributed by atoms with Crippen LogP contribution < -0.4 is 10.9 Å². The second kappa shape index (κ2) is 5.07. The Balaban J connectivity index is 2.50. The van der Waals surface area contributed by atoms with E-state index in [0.717, 1.165) is 3.79 Å². The van der Waals surface area contributed by atoms with Crippen molar-refractivity contribution in [1.29, 1.82) is 0 Å². The number of carbonyl (C=O) groups is 1. The molecule has 2 aromatic rings. The largest absolute Gasteiger partial charge is 0.465 e. The van der Waals surface area contributed by atoms with Gasteiger partial charge in [0.1, 0.15) is 10.5 Å². The third-order valence-corrected chi connectivity index (χ3v) is 4.03. The van der Waals surface area contributed by atoms with Crippen molar-refractivity contribution in [3.8, 4) is 0 Å². The molecule has 0 fully saturated rings. The molecular weight excluding hydrogens is 322 g/mol. The molecule has 18 heavy (non-hydrogen) atoms. The summed E-state index contributed by atoms with van der Waals surface area (Å²) in [5, 5.41) is 11.0. The molecule has 0 aliphatic heterocycles. The summed E-state index contributed by atoms with van der Waals surface area (Å²) in [6, 6.07) is 1.23. The molecular formula is C10H10BrN3O3S. The van der Waals surface area contributed by atoms with Gasteiger partial charge in [0.25, 0.3) is 5.56 Å². The molecule has 1 amide bonds. The van der Waals surface area contributed by atoms with Crippen LogP contribution in [0.25, 0.3) is 10.2 Å². The van der Waals surface area contributed by atoms with E-state index in [4.69, 9.17) is 5.11 Å². The summed E-state index contributed by atoms with van der Waals surface area (Å²) in [5.41, 5.74) is 0.313. The van der Waals surface area contributed by atoms with E-state index in [0.29, 0.717) is 22.5 Å². The van der Waals surface area contributed by atoms with Crippen molar-refractivity contribution in [3.63, 3.8) is 0 Å². The number of halogens is 1. The lowest BCUT2D eigenvalue weighted by Crippen LogP contribution is -2.29. The molecule has 2 rings (SSSR count). The zero-order valence-electron chi connectivity index (χ0n) is 9.36. The van der Waals surface area contributed by atoms with Crippen LogP contribution in [0, 0.1) is 0 Å². The summed E-state index contributed by atoms with van der Waals surface area (Å²) >= 11 is 4.59. The number of rotatable bonds is 3. The fraction of sp³-hybridized carbons (Fsp3) is 0.300. The summed E-state index contributed by atoms with van der Waals surface area (Å²) in [6.45, 7) is 1.81. The lowest BCUT2D eigenvalue weighted by atomic mass is 10.2. The molecule has 8 heteroatoms. The molecule has 0 saturated heterocycles. The summed E-state index contributed by atoms with van der Waals surface area (Å²) < 4.78 is 1.34. The molecule has 6 nitrogen and oxygen atoms in total. The number of hydrogen-bond donors (Lipinski definition) is 3. The second-order valence-electron chi connectivity index (χ2n) is 3.63. The molecule has 2 heterocycles. The fourth-order valence-electron chi connectivity index (χ4n) is 1.61.